The van der Waals surface area contributed by atoms with Crippen LogP contribution in [-0.4, -0.2) is 23.9 Å². The fraction of sp³-hybridized carbons (Fsp3) is 0.833. The summed E-state index contributed by atoms with van der Waals surface area (Å²) >= 11 is 0. The average Bonchev–Trinajstić information content (AvgIpc) is 2.25. The molecule has 0 aromatic heterocycles. The number of rotatable bonds is 6. The summed E-state index contributed by atoms with van der Waals surface area (Å²) in [6.45, 7) is 5.93. The van der Waals surface area contributed by atoms with Crippen LogP contribution < -0.4 is 0 Å². The Morgan fingerprint density at radius 3 is 2.13 bits per heavy atom. The van der Waals surface area contributed by atoms with Crippen LogP contribution in [0.3, 0.4) is 0 Å². The van der Waals surface area contributed by atoms with Crippen LogP contribution in [0, 0.1) is 17.2 Å². The summed E-state index contributed by atoms with van der Waals surface area (Å²) < 4.78 is 0. The van der Waals surface area contributed by atoms with Gasteiger partial charge in [-0.05, 0) is 19.8 Å². The van der Waals surface area contributed by atoms with Gasteiger partial charge in [-0.2, -0.15) is 5.26 Å². The first-order valence-corrected chi connectivity index (χ1v) is 5.74. The molecule has 0 bridgehead atoms. The molecule has 1 atom stereocenters. The monoisotopic (exact) mass is 210 g/mol. The van der Waals surface area contributed by atoms with Crippen LogP contribution in [0.2, 0.25) is 0 Å². The normalized spacial score (nSPS) is 12.3. The minimum Gasteiger partial charge on any atom is -0.330 e. The highest BCUT2D eigenvalue weighted by molar-refractivity contribution is 5.79. The van der Waals surface area contributed by atoms with E-state index in [0.717, 1.165) is 25.7 Å². The minimum atomic E-state index is -0.325. The van der Waals surface area contributed by atoms with E-state index in [1.165, 1.54) is 0 Å². The second-order valence-corrected chi connectivity index (χ2v) is 4.03. The highest BCUT2D eigenvalue weighted by atomic mass is 16.2. The van der Waals surface area contributed by atoms with Gasteiger partial charge in [0.2, 0.25) is 5.91 Å². The van der Waals surface area contributed by atoms with Crippen molar-refractivity contribution in [2.45, 2.75) is 52.5 Å². The van der Waals surface area contributed by atoms with E-state index in [1.54, 1.807) is 18.9 Å². The van der Waals surface area contributed by atoms with Gasteiger partial charge in [0, 0.05) is 13.0 Å². The summed E-state index contributed by atoms with van der Waals surface area (Å²) in [7, 11) is 1.72. The lowest BCUT2D eigenvalue weighted by Gasteiger charge is -2.25. The van der Waals surface area contributed by atoms with Gasteiger partial charge in [0.1, 0.15) is 6.04 Å². The Kier molecular flexibility index (Phi) is 6.77. The molecule has 86 valence electrons. The van der Waals surface area contributed by atoms with Gasteiger partial charge in [-0.1, -0.05) is 26.7 Å². The van der Waals surface area contributed by atoms with Gasteiger partial charge in [-0.25, -0.2) is 0 Å². The highest BCUT2D eigenvalue weighted by Gasteiger charge is 2.23. The molecule has 0 aromatic carbocycles. The van der Waals surface area contributed by atoms with Gasteiger partial charge >= 0.3 is 0 Å². The van der Waals surface area contributed by atoms with E-state index in [-0.39, 0.29) is 17.9 Å². The molecule has 3 nitrogen and oxygen atoms in total. The predicted octanol–water partition coefficient (Wildman–Crippen LogP) is 2.57. The van der Waals surface area contributed by atoms with E-state index >= 15 is 0 Å². The van der Waals surface area contributed by atoms with Crippen molar-refractivity contribution in [3.8, 4) is 6.07 Å². The predicted molar refractivity (Wildman–Crippen MR) is 61.2 cm³/mol. The summed E-state index contributed by atoms with van der Waals surface area (Å²) in [4.78, 5) is 13.6. The van der Waals surface area contributed by atoms with Gasteiger partial charge < -0.3 is 4.90 Å². The van der Waals surface area contributed by atoms with Gasteiger partial charge in [0.05, 0.1) is 6.07 Å². The Balaban J connectivity index is 4.42. The molecule has 1 unspecified atom stereocenters. The first-order valence-electron chi connectivity index (χ1n) is 5.74. The quantitative estimate of drug-likeness (QED) is 0.676. The summed E-state index contributed by atoms with van der Waals surface area (Å²) in [6, 6.07) is 1.76. The van der Waals surface area contributed by atoms with Gasteiger partial charge in [0.15, 0.2) is 0 Å². The molecule has 0 aliphatic carbocycles. The topological polar surface area (TPSA) is 44.1 Å². The molecular formula is C12H22N2O. The second-order valence-electron chi connectivity index (χ2n) is 4.03. The number of hydrogen-bond acceptors (Lipinski definition) is 2. The van der Waals surface area contributed by atoms with E-state index in [2.05, 4.69) is 19.9 Å². The van der Waals surface area contributed by atoms with E-state index in [9.17, 15) is 4.79 Å². The van der Waals surface area contributed by atoms with Crippen LogP contribution in [0.4, 0.5) is 0 Å². The van der Waals surface area contributed by atoms with Crippen molar-refractivity contribution in [1.29, 1.82) is 5.26 Å². The number of amides is 1. The lowest BCUT2D eigenvalue weighted by Crippen LogP contribution is -2.38. The average molecular weight is 210 g/mol. The summed E-state index contributed by atoms with van der Waals surface area (Å²) in [5.41, 5.74) is 0. The Labute approximate surface area is 93.1 Å². The maximum Gasteiger partial charge on any atom is 0.226 e. The third kappa shape index (κ3) is 4.33. The van der Waals surface area contributed by atoms with Crippen molar-refractivity contribution >= 4 is 5.91 Å². The van der Waals surface area contributed by atoms with E-state index in [1.807, 2.05) is 0 Å². The lowest BCUT2D eigenvalue weighted by molar-refractivity contribution is -0.135. The first kappa shape index (κ1) is 14.0. The minimum absolute atomic E-state index is 0.0980. The Morgan fingerprint density at radius 1 is 1.33 bits per heavy atom. The molecule has 0 heterocycles. The number of nitrogens with zero attached hydrogens (tertiary/aromatic N) is 2. The molecule has 0 rings (SSSR count). The third-order valence-electron chi connectivity index (χ3n) is 2.74. The highest BCUT2D eigenvalue weighted by Crippen LogP contribution is 2.17. The largest absolute Gasteiger partial charge is 0.330 e. The third-order valence-corrected chi connectivity index (χ3v) is 2.74. The zero-order valence-corrected chi connectivity index (χ0v) is 10.3. The van der Waals surface area contributed by atoms with Crippen molar-refractivity contribution in [2.75, 3.05) is 7.05 Å². The summed E-state index contributed by atoms with van der Waals surface area (Å²) in [6.07, 6.45) is 3.89. The standard InChI is InChI=1S/C12H22N2O/c1-5-7-11(8-6-2)12(15)14(4)10(3)9-13/h10-11H,5-8H2,1-4H3. The Morgan fingerprint density at radius 2 is 1.80 bits per heavy atom. The number of carbonyl (C=O) groups is 1. The molecule has 3 heteroatoms. The maximum atomic E-state index is 12.0. The van der Waals surface area contributed by atoms with Crippen molar-refractivity contribution < 1.29 is 4.79 Å². The fourth-order valence-electron chi connectivity index (χ4n) is 1.65. The molecular weight excluding hydrogens is 188 g/mol. The fourth-order valence-corrected chi connectivity index (χ4v) is 1.65. The Bertz CT molecular complexity index is 226. The zero-order chi connectivity index (χ0) is 11.8. The summed E-state index contributed by atoms with van der Waals surface area (Å²) in [5.74, 6) is 0.216. The molecule has 0 spiro atoms. The molecule has 15 heavy (non-hydrogen) atoms. The Hall–Kier alpha value is -1.04. The summed E-state index contributed by atoms with van der Waals surface area (Å²) in [5, 5.41) is 8.75. The second kappa shape index (κ2) is 7.28. The van der Waals surface area contributed by atoms with Gasteiger partial charge in [-0.3, -0.25) is 4.79 Å². The van der Waals surface area contributed by atoms with Crippen LogP contribution in [0.5, 0.6) is 0 Å². The van der Waals surface area contributed by atoms with Crippen LogP contribution in [-0.2, 0) is 4.79 Å². The number of nitriles is 1. The molecule has 0 saturated carbocycles. The van der Waals surface area contributed by atoms with Crippen LogP contribution in [0.1, 0.15) is 46.5 Å². The van der Waals surface area contributed by atoms with Crippen molar-refractivity contribution in [1.82, 2.24) is 4.90 Å². The molecule has 0 aromatic rings. The van der Waals surface area contributed by atoms with E-state index < -0.39 is 0 Å². The molecule has 0 aliphatic heterocycles. The molecule has 0 fully saturated rings. The van der Waals surface area contributed by atoms with E-state index in [4.69, 9.17) is 5.26 Å². The smallest absolute Gasteiger partial charge is 0.226 e. The van der Waals surface area contributed by atoms with Gasteiger partial charge in [0.25, 0.3) is 0 Å². The maximum absolute atomic E-state index is 12.0. The van der Waals surface area contributed by atoms with Crippen LogP contribution in [0.25, 0.3) is 0 Å². The van der Waals surface area contributed by atoms with Crippen molar-refractivity contribution in [2.24, 2.45) is 5.92 Å². The van der Waals surface area contributed by atoms with Crippen LogP contribution in [0.15, 0.2) is 0 Å². The number of carbonyl (C=O) groups excluding carboxylic acids is 1. The molecule has 0 aliphatic rings. The van der Waals surface area contributed by atoms with E-state index in [0.29, 0.717) is 0 Å². The molecule has 0 saturated heterocycles. The van der Waals surface area contributed by atoms with Crippen molar-refractivity contribution in [3.63, 3.8) is 0 Å². The SMILES string of the molecule is CCCC(CCC)C(=O)N(C)C(C)C#N. The van der Waals surface area contributed by atoms with Crippen molar-refractivity contribution in [3.05, 3.63) is 0 Å². The van der Waals surface area contributed by atoms with Crippen LogP contribution >= 0.6 is 0 Å². The molecule has 0 radical (unpaired) electrons. The number of hydrogen-bond donors (Lipinski definition) is 0. The molecule has 1 amide bonds. The first-order chi connectivity index (χ1) is 7.08. The zero-order valence-electron chi connectivity index (χ0n) is 10.3. The lowest BCUT2D eigenvalue weighted by atomic mass is 9.96. The van der Waals surface area contributed by atoms with Gasteiger partial charge in [-0.15, -0.1) is 0 Å². The molecule has 0 N–H and O–H groups in total.